The monoisotopic (exact) mass is 484 g/mol. The second-order valence-corrected chi connectivity index (χ2v) is 10.8. The molecule has 4 rings (SSSR count). The Labute approximate surface area is 206 Å². The molecule has 3 heterocycles. The van der Waals surface area contributed by atoms with Gasteiger partial charge in [0.2, 0.25) is 11.8 Å². The molecule has 2 amide bonds. The minimum absolute atomic E-state index is 0.0226. The first-order valence-corrected chi connectivity index (χ1v) is 13.2. The summed E-state index contributed by atoms with van der Waals surface area (Å²) in [6.07, 6.45) is 3.25. The summed E-state index contributed by atoms with van der Waals surface area (Å²) in [4.78, 5) is 31.6. The number of thiophene rings is 1. The van der Waals surface area contributed by atoms with Gasteiger partial charge in [-0.3, -0.25) is 9.59 Å². The molecule has 184 valence electrons. The average Bonchev–Trinajstić information content (AvgIpc) is 3.49. The highest BCUT2D eigenvalue weighted by Gasteiger charge is 2.34. The zero-order chi connectivity index (χ0) is 24.1. The van der Waals surface area contributed by atoms with Gasteiger partial charge in [0.25, 0.3) is 0 Å². The van der Waals surface area contributed by atoms with E-state index in [9.17, 15) is 9.59 Å². The van der Waals surface area contributed by atoms with Gasteiger partial charge in [-0.1, -0.05) is 31.5 Å². The number of nitrogens with zero attached hydrogens (tertiary/aromatic N) is 2. The molecule has 0 radical (unpaired) electrons. The number of rotatable bonds is 9. The lowest BCUT2D eigenvalue weighted by Gasteiger charge is -2.37. The van der Waals surface area contributed by atoms with Crippen LogP contribution in [-0.2, 0) is 20.7 Å². The highest BCUT2D eigenvalue weighted by molar-refractivity contribution is 7.10. The van der Waals surface area contributed by atoms with Crippen LogP contribution >= 0.6 is 11.3 Å². The second-order valence-electron chi connectivity index (χ2n) is 9.78. The van der Waals surface area contributed by atoms with Crippen LogP contribution in [0.3, 0.4) is 0 Å². The molecule has 1 aromatic carbocycles. The number of carbonyl (C=O) groups excluding carboxylic acids is 2. The summed E-state index contributed by atoms with van der Waals surface area (Å²) in [7, 11) is 0. The summed E-state index contributed by atoms with van der Waals surface area (Å²) in [6, 6.07) is 9.93. The van der Waals surface area contributed by atoms with Gasteiger partial charge in [0.05, 0.1) is 18.7 Å². The third-order valence-electron chi connectivity index (χ3n) is 6.55. The quantitative estimate of drug-likeness (QED) is 0.521. The van der Waals surface area contributed by atoms with Gasteiger partial charge in [0.1, 0.15) is 12.4 Å². The van der Waals surface area contributed by atoms with Crippen molar-refractivity contribution in [1.82, 2.24) is 9.80 Å². The minimum Gasteiger partial charge on any atom is -0.491 e. The highest BCUT2D eigenvalue weighted by Crippen LogP contribution is 2.34. The molecule has 2 aromatic rings. The standard InChI is InChI=1S/C27H36N2O4S/c1-19(2)15-26(30)28(16-22-5-4-13-32-22)17-27(31)29-12-10-25-23(11-14-34-25)24(29)18-33-21-8-6-20(3)7-9-21/h6-9,11,14,19,22,24H,4-5,10,12-13,15-18H2,1-3H3/t22-,24-/m0/s1. The Morgan fingerprint density at radius 2 is 2.03 bits per heavy atom. The molecule has 0 N–H and O–H groups in total. The predicted molar refractivity (Wildman–Crippen MR) is 134 cm³/mol. The van der Waals surface area contributed by atoms with E-state index in [1.807, 2.05) is 49.9 Å². The lowest BCUT2D eigenvalue weighted by atomic mass is 10.00. The van der Waals surface area contributed by atoms with Gasteiger partial charge in [-0.25, -0.2) is 0 Å². The van der Waals surface area contributed by atoms with Crippen LogP contribution in [-0.4, -0.2) is 60.6 Å². The van der Waals surface area contributed by atoms with E-state index in [2.05, 4.69) is 11.4 Å². The zero-order valence-electron chi connectivity index (χ0n) is 20.5. The number of ether oxygens (including phenoxy) is 2. The lowest BCUT2D eigenvalue weighted by molar-refractivity contribution is -0.144. The van der Waals surface area contributed by atoms with Crippen molar-refractivity contribution in [2.75, 3.05) is 32.8 Å². The zero-order valence-corrected chi connectivity index (χ0v) is 21.3. The Morgan fingerprint density at radius 1 is 1.24 bits per heavy atom. The molecule has 1 saturated heterocycles. The first-order chi connectivity index (χ1) is 16.4. The summed E-state index contributed by atoms with van der Waals surface area (Å²) in [5.74, 6) is 1.05. The van der Waals surface area contributed by atoms with Crippen LogP contribution in [0.4, 0.5) is 0 Å². The smallest absolute Gasteiger partial charge is 0.242 e. The fourth-order valence-corrected chi connectivity index (χ4v) is 5.63. The van der Waals surface area contributed by atoms with Crippen molar-refractivity contribution in [2.45, 2.75) is 58.6 Å². The van der Waals surface area contributed by atoms with Crippen LogP contribution in [0.15, 0.2) is 35.7 Å². The normalized spacial score (nSPS) is 19.8. The molecule has 2 aliphatic heterocycles. The van der Waals surface area contributed by atoms with E-state index >= 15 is 0 Å². The third kappa shape index (κ3) is 6.19. The molecule has 0 unspecified atom stereocenters. The summed E-state index contributed by atoms with van der Waals surface area (Å²) >= 11 is 1.74. The van der Waals surface area contributed by atoms with E-state index in [-0.39, 0.29) is 36.4 Å². The summed E-state index contributed by atoms with van der Waals surface area (Å²) in [5.41, 5.74) is 2.34. The molecule has 0 spiro atoms. The molecule has 0 bridgehead atoms. The number of hydrogen-bond acceptors (Lipinski definition) is 5. The summed E-state index contributed by atoms with van der Waals surface area (Å²) in [6.45, 7) is 8.45. The maximum Gasteiger partial charge on any atom is 0.242 e. The van der Waals surface area contributed by atoms with Crippen molar-refractivity contribution in [3.05, 3.63) is 51.7 Å². The van der Waals surface area contributed by atoms with Gasteiger partial charge in [-0.15, -0.1) is 11.3 Å². The second kappa shape index (κ2) is 11.4. The Hall–Kier alpha value is -2.38. The van der Waals surface area contributed by atoms with Crippen LogP contribution in [0.5, 0.6) is 5.75 Å². The minimum atomic E-state index is -0.159. The average molecular weight is 485 g/mol. The molecule has 6 nitrogen and oxygen atoms in total. The molecule has 7 heteroatoms. The Bertz CT molecular complexity index is 965. The molecule has 2 aliphatic rings. The van der Waals surface area contributed by atoms with Crippen molar-refractivity contribution >= 4 is 23.2 Å². The molecule has 0 aliphatic carbocycles. The van der Waals surface area contributed by atoms with Crippen molar-refractivity contribution in [3.63, 3.8) is 0 Å². The number of fused-ring (bicyclic) bond motifs is 1. The van der Waals surface area contributed by atoms with Crippen molar-refractivity contribution < 1.29 is 19.1 Å². The summed E-state index contributed by atoms with van der Waals surface area (Å²) in [5, 5.41) is 2.09. The first-order valence-electron chi connectivity index (χ1n) is 12.3. The number of aryl methyl sites for hydroxylation is 1. The Balaban J connectivity index is 1.48. The molecular weight excluding hydrogens is 448 g/mol. The number of hydrogen-bond donors (Lipinski definition) is 0. The third-order valence-corrected chi connectivity index (χ3v) is 7.55. The van der Waals surface area contributed by atoms with E-state index in [4.69, 9.17) is 9.47 Å². The van der Waals surface area contributed by atoms with Crippen molar-refractivity contribution in [3.8, 4) is 5.75 Å². The van der Waals surface area contributed by atoms with Gasteiger partial charge >= 0.3 is 0 Å². The Morgan fingerprint density at radius 3 is 2.74 bits per heavy atom. The Kier molecular flexibility index (Phi) is 8.27. The molecule has 2 atom stereocenters. The van der Waals surface area contributed by atoms with Crippen molar-refractivity contribution in [1.29, 1.82) is 0 Å². The van der Waals surface area contributed by atoms with Gasteiger partial charge in [-0.2, -0.15) is 0 Å². The maximum absolute atomic E-state index is 13.6. The highest BCUT2D eigenvalue weighted by atomic mass is 32.1. The molecule has 1 aromatic heterocycles. The van der Waals surface area contributed by atoms with Gasteiger partial charge in [0, 0.05) is 31.0 Å². The topological polar surface area (TPSA) is 59.1 Å². The fourth-order valence-electron chi connectivity index (χ4n) is 4.71. The maximum atomic E-state index is 13.6. The molecular formula is C27H36N2O4S. The van der Waals surface area contributed by atoms with E-state index in [0.717, 1.165) is 37.2 Å². The lowest BCUT2D eigenvalue weighted by Crippen LogP contribution is -2.49. The summed E-state index contributed by atoms with van der Waals surface area (Å²) < 4.78 is 11.9. The van der Waals surface area contributed by atoms with Crippen molar-refractivity contribution in [2.24, 2.45) is 5.92 Å². The van der Waals surface area contributed by atoms with E-state index in [1.165, 1.54) is 10.4 Å². The van der Waals surface area contributed by atoms with Gasteiger partial charge in [-0.05, 0) is 61.2 Å². The van der Waals surface area contributed by atoms with Crippen LogP contribution < -0.4 is 4.74 Å². The first kappa shape index (κ1) is 24.7. The molecule has 34 heavy (non-hydrogen) atoms. The number of benzene rings is 1. The largest absolute Gasteiger partial charge is 0.491 e. The predicted octanol–water partition coefficient (Wildman–Crippen LogP) is 4.62. The van der Waals surface area contributed by atoms with E-state index in [1.54, 1.807) is 16.2 Å². The van der Waals surface area contributed by atoms with Crippen LogP contribution in [0.1, 0.15) is 55.2 Å². The van der Waals surface area contributed by atoms with Gasteiger partial charge < -0.3 is 19.3 Å². The molecule has 0 saturated carbocycles. The van der Waals surface area contributed by atoms with Crippen LogP contribution in [0, 0.1) is 12.8 Å². The number of carbonyl (C=O) groups is 2. The van der Waals surface area contributed by atoms with Gasteiger partial charge in [0.15, 0.2) is 0 Å². The van der Waals surface area contributed by atoms with Crippen LogP contribution in [0.25, 0.3) is 0 Å². The number of amides is 2. The fraction of sp³-hybridized carbons (Fsp3) is 0.556. The van der Waals surface area contributed by atoms with Crippen LogP contribution in [0.2, 0.25) is 0 Å². The van der Waals surface area contributed by atoms with E-state index < -0.39 is 0 Å². The SMILES string of the molecule is Cc1ccc(OC[C@H]2c3ccsc3CCN2C(=O)CN(C[C@@H]2CCCO2)C(=O)CC(C)C)cc1. The molecule has 1 fully saturated rings. The van der Waals surface area contributed by atoms with E-state index in [0.29, 0.717) is 26.1 Å².